The molecule has 76 valence electrons. The first-order chi connectivity index (χ1) is 6.63. The minimum absolute atomic E-state index is 0.155. The van der Waals surface area contributed by atoms with Crippen LogP contribution in [0.4, 0.5) is 0 Å². The molecule has 1 aromatic rings. The van der Waals surface area contributed by atoms with E-state index in [4.69, 9.17) is 16.7 Å². The van der Waals surface area contributed by atoms with Crippen molar-refractivity contribution >= 4 is 17.6 Å². The van der Waals surface area contributed by atoms with E-state index in [1.54, 1.807) is 6.07 Å². The van der Waals surface area contributed by atoms with Gasteiger partial charge < -0.3 is 5.11 Å². The summed E-state index contributed by atoms with van der Waals surface area (Å²) in [5, 5.41) is 8.98. The van der Waals surface area contributed by atoms with Crippen LogP contribution < -0.4 is 0 Å². The molecule has 1 aromatic heterocycles. The molecule has 0 aromatic carbocycles. The number of aliphatic carboxylic acids is 1. The van der Waals surface area contributed by atoms with Crippen molar-refractivity contribution in [2.24, 2.45) is 5.92 Å². The van der Waals surface area contributed by atoms with Gasteiger partial charge in [0.2, 0.25) is 5.28 Å². The Morgan fingerprint density at radius 1 is 1.71 bits per heavy atom. The number of nitrogens with zero attached hydrogens (tertiary/aromatic N) is 2. The monoisotopic (exact) mass is 214 g/mol. The lowest BCUT2D eigenvalue weighted by Crippen LogP contribution is -2.16. The quantitative estimate of drug-likeness (QED) is 0.777. The van der Waals surface area contributed by atoms with Gasteiger partial charge in [-0.1, -0.05) is 6.92 Å². The molecule has 0 saturated carbocycles. The summed E-state index contributed by atoms with van der Waals surface area (Å²) in [5.41, 5.74) is 0.666. The first kappa shape index (κ1) is 10.9. The van der Waals surface area contributed by atoms with Crippen molar-refractivity contribution in [2.45, 2.75) is 19.8 Å². The molecule has 1 unspecified atom stereocenters. The molecule has 1 N–H and O–H groups in total. The number of carboxylic acid groups (broad SMARTS) is 1. The molecule has 1 heterocycles. The molecule has 0 aliphatic carbocycles. The Kier molecular flexibility index (Phi) is 3.83. The highest BCUT2D eigenvalue weighted by Gasteiger charge is 2.16. The zero-order valence-corrected chi connectivity index (χ0v) is 8.53. The first-order valence-corrected chi connectivity index (χ1v) is 4.71. The number of hydrogen-bond donors (Lipinski definition) is 1. The molecule has 0 fully saturated rings. The molecule has 0 aliphatic rings. The van der Waals surface area contributed by atoms with Crippen molar-refractivity contribution in [1.82, 2.24) is 9.97 Å². The van der Waals surface area contributed by atoms with E-state index in [0.717, 1.165) is 0 Å². The van der Waals surface area contributed by atoms with E-state index in [1.165, 1.54) is 6.20 Å². The van der Waals surface area contributed by atoms with Gasteiger partial charge in [-0.05, 0) is 24.1 Å². The number of hydrogen-bond acceptors (Lipinski definition) is 3. The van der Waals surface area contributed by atoms with E-state index in [-0.39, 0.29) is 5.28 Å². The molecule has 5 heteroatoms. The Morgan fingerprint density at radius 3 is 2.93 bits per heavy atom. The summed E-state index contributed by atoms with van der Waals surface area (Å²) >= 11 is 5.58. The first-order valence-electron chi connectivity index (χ1n) is 4.33. The van der Waals surface area contributed by atoms with Gasteiger partial charge in [0.25, 0.3) is 0 Å². The van der Waals surface area contributed by atoms with E-state index >= 15 is 0 Å². The molecule has 1 atom stereocenters. The van der Waals surface area contributed by atoms with Gasteiger partial charge in [0.1, 0.15) is 0 Å². The van der Waals surface area contributed by atoms with Crippen LogP contribution in [-0.4, -0.2) is 21.0 Å². The van der Waals surface area contributed by atoms with E-state index in [9.17, 15) is 4.79 Å². The molecule has 1 rings (SSSR count). The SMILES string of the molecule is CCC(Cc1ccnc(Cl)n1)C(=O)O. The standard InChI is InChI=1S/C9H11ClN2O2/c1-2-6(8(13)14)5-7-3-4-11-9(10)12-7/h3-4,6H,2,5H2,1H3,(H,13,14). The number of aromatic nitrogens is 2. The summed E-state index contributed by atoms with van der Waals surface area (Å²) in [5.74, 6) is -1.21. The molecule has 0 aliphatic heterocycles. The van der Waals surface area contributed by atoms with Gasteiger partial charge >= 0.3 is 5.97 Å². The fourth-order valence-corrected chi connectivity index (χ4v) is 1.31. The van der Waals surface area contributed by atoms with Gasteiger partial charge in [-0.2, -0.15) is 0 Å². The van der Waals surface area contributed by atoms with Gasteiger partial charge in [-0.15, -0.1) is 0 Å². The Labute approximate surface area is 87.0 Å². The molecular weight excluding hydrogens is 204 g/mol. The molecule has 14 heavy (non-hydrogen) atoms. The van der Waals surface area contributed by atoms with Crippen molar-refractivity contribution in [2.75, 3.05) is 0 Å². The van der Waals surface area contributed by atoms with Gasteiger partial charge in [0.05, 0.1) is 5.92 Å². The lowest BCUT2D eigenvalue weighted by molar-refractivity contribution is -0.141. The predicted molar refractivity (Wildman–Crippen MR) is 52.2 cm³/mol. The second-order valence-electron chi connectivity index (χ2n) is 2.96. The van der Waals surface area contributed by atoms with Crippen LogP contribution >= 0.6 is 11.6 Å². The third kappa shape index (κ3) is 2.96. The highest BCUT2D eigenvalue weighted by Crippen LogP contribution is 2.11. The maximum absolute atomic E-state index is 10.7. The van der Waals surface area contributed by atoms with Gasteiger partial charge in [0, 0.05) is 18.3 Å². The smallest absolute Gasteiger partial charge is 0.306 e. The lowest BCUT2D eigenvalue weighted by Gasteiger charge is -2.08. The Balaban J connectivity index is 2.72. The third-order valence-electron chi connectivity index (χ3n) is 1.98. The van der Waals surface area contributed by atoms with Crippen molar-refractivity contribution in [1.29, 1.82) is 0 Å². The second-order valence-corrected chi connectivity index (χ2v) is 3.30. The average molecular weight is 215 g/mol. The Bertz CT molecular complexity index is 330. The molecule has 4 nitrogen and oxygen atoms in total. The third-order valence-corrected chi connectivity index (χ3v) is 2.16. The van der Waals surface area contributed by atoms with Crippen molar-refractivity contribution in [3.8, 4) is 0 Å². The second kappa shape index (κ2) is 4.91. The summed E-state index contributed by atoms with van der Waals surface area (Å²) in [6, 6.07) is 1.68. The maximum atomic E-state index is 10.7. The number of rotatable bonds is 4. The average Bonchev–Trinajstić information content (AvgIpc) is 2.14. The summed E-state index contributed by atoms with van der Waals surface area (Å²) in [6.45, 7) is 1.83. The van der Waals surface area contributed by atoms with E-state index < -0.39 is 11.9 Å². The zero-order valence-electron chi connectivity index (χ0n) is 7.77. The van der Waals surface area contributed by atoms with Crippen LogP contribution in [0.2, 0.25) is 5.28 Å². The summed E-state index contributed by atoms with van der Waals surface area (Å²) in [6.07, 6.45) is 2.50. The molecule has 0 radical (unpaired) electrons. The molecule has 0 saturated heterocycles. The molecule has 0 spiro atoms. The van der Waals surface area contributed by atoms with Crippen molar-refractivity contribution < 1.29 is 9.90 Å². The van der Waals surface area contributed by atoms with Gasteiger partial charge in [-0.25, -0.2) is 9.97 Å². The fourth-order valence-electron chi connectivity index (χ4n) is 1.14. The molecular formula is C9H11ClN2O2. The van der Waals surface area contributed by atoms with Gasteiger partial charge in [-0.3, -0.25) is 4.79 Å². The van der Waals surface area contributed by atoms with Crippen LogP contribution in [0.25, 0.3) is 0 Å². The number of halogens is 1. The molecule has 0 bridgehead atoms. The van der Waals surface area contributed by atoms with E-state index in [0.29, 0.717) is 18.5 Å². The summed E-state index contributed by atoms with van der Waals surface area (Å²) < 4.78 is 0. The van der Waals surface area contributed by atoms with Crippen LogP contribution in [-0.2, 0) is 11.2 Å². The van der Waals surface area contributed by atoms with E-state index in [2.05, 4.69) is 9.97 Å². The summed E-state index contributed by atoms with van der Waals surface area (Å²) in [4.78, 5) is 18.4. The van der Waals surface area contributed by atoms with Gasteiger partial charge in [0.15, 0.2) is 0 Å². The van der Waals surface area contributed by atoms with Crippen LogP contribution in [0.5, 0.6) is 0 Å². The molecule has 0 amide bonds. The normalized spacial score (nSPS) is 12.4. The van der Waals surface area contributed by atoms with E-state index in [1.807, 2.05) is 6.92 Å². The fraction of sp³-hybridized carbons (Fsp3) is 0.444. The number of carbonyl (C=O) groups is 1. The minimum atomic E-state index is -0.803. The Morgan fingerprint density at radius 2 is 2.43 bits per heavy atom. The zero-order chi connectivity index (χ0) is 10.6. The van der Waals surface area contributed by atoms with Crippen LogP contribution in [0.3, 0.4) is 0 Å². The maximum Gasteiger partial charge on any atom is 0.306 e. The topological polar surface area (TPSA) is 63.1 Å². The van der Waals surface area contributed by atoms with Crippen LogP contribution in [0, 0.1) is 5.92 Å². The number of carboxylic acids is 1. The largest absolute Gasteiger partial charge is 0.481 e. The predicted octanol–water partition coefficient (Wildman–Crippen LogP) is 1.78. The van der Waals surface area contributed by atoms with Crippen LogP contribution in [0.1, 0.15) is 19.0 Å². The summed E-state index contributed by atoms with van der Waals surface area (Å²) in [7, 11) is 0. The van der Waals surface area contributed by atoms with Crippen LogP contribution in [0.15, 0.2) is 12.3 Å². The highest BCUT2D eigenvalue weighted by molar-refractivity contribution is 6.28. The highest BCUT2D eigenvalue weighted by atomic mass is 35.5. The lowest BCUT2D eigenvalue weighted by atomic mass is 10.0. The van der Waals surface area contributed by atoms with Crippen molar-refractivity contribution in [3.63, 3.8) is 0 Å². The van der Waals surface area contributed by atoms with Crippen molar-refractivity contribution in [3.05, 3.63) is 23.2 Å². The minimum Gasteiger partial charge on any atom is -0.481 e. The Hall–Kier alpha value is -1.16.